The molecule has 0 saturated heterocycles. The van der Waals surface area contributed by atoms with Crippen molar-refractivity contribution in [3.8, 4) is 5.75 Å². The van der Waals surface area contributed by atoms with Gasteiger partial charge in [0.05, 0.1) is 18.3 Å². The molecule has 9 heteroatoms. The molecule has 0 spiro atoms. The van der Waals surface area contributed by atoms with E-state index in [9.17, 15) is 19.8 Å². The lowest BCUT2D eigenvalue weighted by Crippen LogP contribution is -2.37. The first kappa shape index (κ1) is 30.3. The number of carbonyl (C=O) groups is 2. The number of nitrogens with one attached hydrogen (secondary N) is 1. The maximum absolute atomic E-state index is 12.8. The van der Waals surface area contributed by atoms with E-state index < -0.39 is 30.5 Å². The molecule has 1 aliphatic rings. The van der Waals surface area contributed by atoms with Gasteiger partial charge in [-0.1, -0.05) is 26.0 Å². The number of ether oxygens (including phenoxy) is 3. The van der Waals surface area contributed by atoms with Crippen molar-refractivity contribution in [1.29, 1.82) is 0 Å². The van der Waals surface area contributed by atoms with Crippen LogP contribution in [0.2, 0.25) is 0 Å². The van der Waals surface area contributed by atoms with Crippen molar-refractivity contribution in [2.24, 2.45) is 17.6 Å². The lowest BCUT2D eigenvalue weighted by molar-refractivity contribution is -0.112. The van der Waals surface area contributed by atoms with E-state index in [0.717, 1.165) is 5.56 Å². The number of rotatable bonds is 3. The zero-order valence-electron chi connectivity index (χ0n) is 22.7. The van der Waals surface area contributed by atoms with Gasteiger partial charge in [0.25, 0.3) is 5.91 Å². The molecule has 0 aliphatic carbocycles. The Bertz CT molecular complexity index is 991. The van der Waals surface area contributed by atoms with E-state index in [1.807, 2.05) is 32.9 Å². The molecule has 2 bridgehead atoms. The van der Waals surface area contributed by atoms with E-state index in [0.29, 0.717) is 42.5 Å². The quantitative estimate of drug-likeness (QED) is 0.442. The van der Waals surface area contributed by atoms with Crippen molar-refractivity contribution in [3.63, 3.8) is 0 Å². The molecule has 2 rings (SSSR count). The van der Waals surface area contributed by atoms with Gasteiger partial charge in [0.2, 0.25) is 0 Å². The predicted molar refractivity (Wildman–Crippen MR) is 142 cm³/mol. The summed E-state index contributed by atoms with van der Waals surface area (Å²) in [6.45, 7) is 7.44. The third kappa shape index (κ3) is 9.18. The molecular formula is C28H42N2O7. The zero-order chi connectivity index (χ0) is 27.7. The van der Waals surface area contributed by atoms with Crippen LogP contribution in [0.5, 0.6) is 5.75 Å². The molecule has 0 aromatic heterocycles. The Hall–Kier alpha value is -2.88. The summed E-state index contributed by atoms with van der Waals surface area (Å²) in [7, 11) is 3.09. The van der Waals surface area contributed by atoms with Crippen molar-refractivity contribution in [1.82, 2.24) is 0 Å². The molecule has 37 heavy (non-hydrogen) atoms. The Morgan fingerprint density at radius 1 is 1.11 bits per heavy atom. The van der Waals surface area contributed by atoms with E-state index in [2.05, 4.69) is 5.32 Å². The highest BCUT2D eigenvalue weighted by Crippen LogP contribution is 2.27. The summed E-state index contributed by atoms with van der Waals surface area (Å²) in [4.78, 5) is 24.4. The molecule has 1 heterocycles. The summed E-state index contributed by atoms with van der Waals surface area (Å²) in [5, 5.41) is 24.2. The fourth-order valence-corrected chi connectivity index (χ4v) is 4.83. The number of benzene rings is 1. The van der Waals surface area contributed by atoms with Crippen LogP contribution in [0.1, 0.15) is 52.5 Å². The third-order valence-electron chi connectivity index (χ3n) is 6.79. The van der Waals surface area contributed by atoms with Gasteiger partial charge in [-0.25, -0.2) is 4.79 Å². The monoisotopic (exact) mass is 518 g/mol. The number of methoxy groups -OCH3 is 2. The molecule has 1 aliphatic heterocycles. The van der Waals surface area contributed by atoms with Crippen molar-refractivity contribution in [2.45, 2.75) is 77.8 Å². The van der Waals surface area contributed by atoms with E-state index in [1.54, 1.807) is 26.2 Å². The van der Waals surface area contributed by atoms with Gasteiger partial charge in [0.1, 0.15) is 5.75 Å². The second-order valence-corrected chi connectivity index (χ2v) is 10.0. The fraction of sp³-hybridized carbons (Fsp3) is 0.571. The van der Waals surface area contributed by atoms with E-state index >= 15 is 0 Å². The lowest BCUT2D eigenvalue weighted by Gasteiger charge is -2.30. The third-order valence-corrected chi connectivity index (χ3v) is 6.79. The highest BCUT2D eigenvalue weighted by molar-refractivity contribution is 6.03. The molecule has 1 aromatic rings. The molecule has 5 N–H and O–H groups in total. The normalized spacial score (nSPS) is 31.4. The van der Waals surface area contributed by atoms with Crippen LogP contribution in [-0.2, 0) is 25.4 Å². The number of hydrogen-bond acceptors (Lipinski definition) is 7. The van der Waals surface area contributed by atoms with Gasteiger partial charge in [-0.2, -0.15) is 0 Å². The first-order chi connectivity index (χ1) is 17.4. The Morgan fingerprint density at radius 3 is 2.41 bits per heavy atom. The highest BCUT2D eigenvalue weighted by Gasteiger charge is 2.30. The number of anilines is 1. The Kier molecular flexibility index (Phi) is 11.6. The van der Waals surface area contributed by atoms with Crippen LogP contribution in [0.15, 0.2) is 41.5 Å². The molecule has 206 valence electrons. The van der Waals surface area contributed by atoms with Gasteiger partial charge in [-0.3, -0.25) is 4.79 Å². The number of aliphatic hydroxyl groups is 1. The number of nitrogens with two attached hydrogens (primary N) is 1. The van der Waals surface area contributed by atoms with Gasteiger partial charge >= 0.3 is 6.09 Å². The fourth-order valence-electron chi connectivity index (χ4n) is 4.83. The second kappa shape index (κ2) is 14.2. The number of fused-ring (bicyclic) bond motifs is 2. The Balaban J connectivity index is 2.47. The number of aromatic hydroxyl groups is 1. The summed E-state index contributed by atoms with van der Waals surface area (Å²) in [6.07, 6.45) is 2.29. The second-order valence-electron chi connectivity index (χ2n) is 10.0. The van der Waals surface area contributed by atoms with Crippen LogP contribution in [-0.4, -0.2) is 60.8 Å². The number of carbonyl (C=O) groups excluding carboxylic acids is 2. The molecule has 0 saturated carbocycles. The summed E-state index contributed by atoms with van der Waals surface area (Å²) in [6, 6.07) is 5.02. The number of amides is 2. The molecule has 0 unspecified atom stereocenters. The first-order valence-electron chi connectivity index (χ1n) is 12.6. The van der Waals surface area contributed by atoms with Crippen LogP contribution >= 0.6 is 0 Å². The standard InChI is InChI=1S/C28H42N2O7/c1-16-10-20-13-21(15-22(31)14-20)30-27(33)17(2)8-7-9-23(35-5)26(37-28(29)34)19(4)12-18(3)25(32)24(11-16)36-6/h8,12-16,18,23-26,31-32H,7,9-11H2,1-6H3,(H2,29,34)(H,30,33)/b17-8+,19-12+/t16-,18-,23+,24+,25-,26+/m0/s1. The minimum absolute atomic E-state index is 0.0634. The van der Waals surface area contributed by atoms with Crippen molar-refractivity contribution in [2.75, 3.05) is 19.5 Å². The average Bonchev–Trinajstić information content (AvgIpc) is 2.82. The topological polar surface area (TPSA) is 140 Å². The van der Waals surface area contributed by atoms with Gasteiger partial charge in [0.15, 0.2) is 6.10 Å². The summed E-state index contributed by atoms with van der Waals surface area (Å²) >= 11 is 0. The smallest absolute Gasteiger partial charge is 0.405 e. The molecule has 2 amide bonds. The maximum Gasteiger partial charge on any atom is 0.405 e. The molecule has 6 atom stereocenters. The minimum Gasteiger partial charge on any atom is -0.508 e. The number of primary amides is 1. The number of aliphatic hydroxyl groups excluding tert-OH is 1. The summed E-state index contributed by atoms with van der Waals surface area (Å²) in [5.74, 6) is -0.427. The van der Waals surface area contributed by atoms with Gasteiger partial charge in [-0.15, -0.1) is 0 Å². The van der Waals surface area contributed by atoms with Gasteiger partial charge in [0, 0.05) is 37.5 Å². The average molecular weight is 519 g/mol. The zero-order valence-corrected chi connectivity index (χ0v) is 22.7. The van der Waals surface area contributed by atoms with E-state index in [1.165, 1.54) is 13.2 Å². The largest absolute Gasteiger partial charge is 0.508 e. The van der Waals surface area contributed by atoms with Crippen molar-refractivity contribution in [3.05, 3.63) is 47.1 Å². The van der Waals surface area contributed by atoms with Crippen molar-refractivity contribution >= 4 is 17.7 Å². The number of hydrogen-bond donors (Lipinski definition) is 4. The predicted octanol–water partition coefficient (Wildman–Crippen LogP) is 4.08. The molecular weight excluding hydrogens is 476 g/mol. The van der Waals surface area contributed by atoms with E-state index in [-0.39, 0.29) is 23.5 Å². The van der Waals surface area contributed by atoms with E-state index in [4.69, 9.17) is 19.9 Å². The number of phenols is 1. The Morgan fingerprint density at radius 2 is 1.78 bits per heavy atom. The lowest BCUT2D eigenvalue weighted by atomic mass is 9.88. The molecule has 1 aromatic carbocycles. The van der Waals surface area contributed by atoms with Gasteiger partial charge in [-0.05, 0) is 68.7 Å². The molecule has 9 nitrogen and oxygen atoms in total. The highest BCUT2D eigenvalue weighted by atomic mass is 16.6. The molecule has 0 radical (unpaired) electrons. The SMILES string of the molecule is CO[C@@H]1C[C@@H](C)Cc2cc(O)cc(c2)NC(=O)/C(C)=C/CC[C@@H](OC)[C@H](OC(N)=O)/C(C)=C/[C@H](C)[C@@H]1O. The summed E-state index contributed by atoms with van der Waals surface area (Å²) in [5.41, 5.74) is 7.92. The minimum atomic E-state index is -0.925. The van der Waals surface area contributed by atoms with Crippen molar-refractivity contribution < 1.29 is 34.0 Å². The number of allylic oxidation sites excluding steroid dienone is 1. The van der Waals surface area contributed by atoms with Crippen LogP contribution in [0.25, 0.3) is 0 Å². The molecule has 0 fully saturated rings. The maximum atomic E-state index is 12.8. The Labute approximate surface area is 219 Å². The van der Waals surface area contributed by atoms with Crippen LogP contribution in [0, 0.1) is 11.8 Å². The summed E-state index contributed by atoms with van der Waals surface area (Å²) < 4.78 is 16.7. The van der Waals surface area contributed by atoms with Crippen LogP contribution in [0.4, 0.5) is 10.5 Å². The van der Waals surface area contributed by atoms with Crippen LogP contribution in [0.3, 0.4) is 0 Å². The first-order valence-corrected chi connectivity index (χ1v) is 12.6. The number of phenolic OH excluding ortho intramolecular Hbond substituents is 1. The van der Waals surface area contributed by atoms with Crippen LogP contribution < -0.4 is 11.1 Å². The van der Waals surface area contributed by atoms with Gasteiger partial charge < -0.3 is 35.5 Å².